The molecule has 4 amide bonds. The summed E-state index contributed by atoms with van der Waals surface area (Å²) < 4.78 is 0. The Hall–Kier alpha value is -4.01. The number of primary amides is 1. The number of nitrogens with zero attached hydrogens (tertiary/aromatic N) is 1. The summed E-state index contributed by atoms with van der Waals surface area (Å²) in [6, 6.07) is -5.31. The van der Waals surface area contributed by atoms with Gasteiger partial charge in [0, 0.05) is 24.7 Å². The van der Waals surface area contributed by atoms with Crippen LogP contribution in [0.3, 0.4) is 0 Å². The summed E-state index contributed by atoms with van der Waals surface area (Å²) in [6.45, 7) is 3.74. The Labute approximate surface area is 206 Å². The predicted octanol–water partition coefficient (Wildman–Crippen LogP) is -2.40. The van der Waals surface area contributed by atoms with E-state index in [9.17, 15) is 33.9 Å². The van der Waals surface area contributed by atoms with E-state index < -0.39 is 79.0 Å². The Morgan fingerprint density at radius 2 is 1.56 bits per heavy atom. The molecule has 0 saturated carbocycles. The van der Waals surface area contributed by atoms with E-state index in [2.05, 4.69) is 25.9 Å². The van der Waals surface area contributed by atoms with E-state index in [1.54, 1.807) is 0 Å². The van der Waals surface area contributed by atoms with Crippen molar-refractivity contribution in [2.24, 2.45) is 17.4 Å². The Bertz CT molecular complexity index is 935. The Balaban J connectivity index is 3.09. The van der Waals surface area contributed by atoms with Gasteiger partial charge in [0.05, 0.1) is 18.8 Å². The minimum atomic E-state index is -1.69. The van der Waals surface area contributed by atoms with Crippen molar-refractivity contribution in [3.05, 3.63) is 18.2 Å². The van der Waals surface area contributed by atoms with Crippen molar-refractivity contribution in [3.63, 3.8) is 0 Å². The minimum absolute atomic E-state index is 0.0569. The van der Waals surface area contributed by atoms with E-state index in [1.165, 1.54) is 12.5 Å². The maximum Gasteiger partial charge on any atom is 0.326 e. The van der Waals surface area contributed by atoms with Crippen molar-refractivity contribution in [2.75, 3.05) is 0 Å². The highest BCUT2D eigenvalue weighted by Gasteiger charge is 2.31. The summed E-state index contributed by atoms with van der Waals surface area (Å²) in [4.78, 5) is 78.6. The fourth-order valence-corrected chi connectivity index (χ4v) is 3.20. The number of hydrogen-bond donors (Lipinski definition) is 8. The number of H-pyrrole nitrogens is 1. The van der Waals surface area contributed by atoms with Gasteiger partial charge >= 0.3 is 11.9 Å². The van der Waals surface area contributed by atoms with E-state index in [0.717, 1.165) is 0 Å². The van der Waals surface area contributed by atoms with Gasteiger partial charge in [0.25, 0.3) is 0 Å². The number of amides is 4. The van der Waals surface area contributed by atoms with Crippen LogP contribution >= 0.6 is 0 Å². The van der Waals surface area contributed by atoms with Crippen molar-refractivity contribution in [3.8, 4) is 0 Å². The smallest absolute Gasteiger partial charge is 0.326 e. The molecule has 1 aromatic rings. The molecule has 0 aliphatic carbocycles. The monoisotopic (exact) mass is 511 g/mol. The van der Waals surface area contributed by atoms with Gasteiger partial charge < -0.3 is 42.6 Å². The van der Waals surface area contributed by atoms with Gasteiger partial charge in [-0.15, -0.1) is 0 Å². The highest BCUT2D eigenvalue weighted by atomic mass is 16.4. The van der Waals surface area contributed by atoms with Crippen molar-refractivity contribution >= 4 is 35.6 Å². The first-order valence-electron chi connectivity index (χ1n) is 11.2. The van der Waals surface area contributed by atoms with Crippen LogP contribution in [0.15, 0.2) is 12.5 Å². The molecular formula is C21H33N7O8. The van der Waals surface area contributed by atoms with Crippen molar-refractivity contribution in [1.29, 1.82) is 0 Å². The van der Waals surface area contributed by atoms with Crippen molar-refractivity contribution in [1.82, 2.24) is 25.9 Å². The molecule has 200 valence electrons. The molecule has 0 aromatic carbocycles. The number of carboxylic acids is 2. The maximum absolute atomic E-state index is 13.1. The largest absolute Gasteiger partial charge is 0.481 e. The molecule has 1 rings (SSSR count). The molecule has 10 N–H and O–H groups in total. The zero-order chi connectivity index (χ0) is 27.4. The van der Waals surface area contributed by atoms with Gasteiger partial charge in [-0.1, -0.05) is 13.8 Å². The number of hydrogen-bond acceptors (Lipinski definition) is 8. The van der Waals surface area contributed by atoms with Crippen LogP contribution in [0.25, 0.3) is 0 Å². The molecule has 0 bridgehead atoms. The summed E-state index contributed by atoms with van der Waals surface area (Å²) in [5.74, 6) is -6.19. The highest BCUT2D eigenvalue weighted by Crippen LogP contribution is 2.07. The fourth-order valence-electron chi connectivity index (χ4n) is 3.20. The van der Waals surface area contributed by atoms with Crippen LogP contribution in [0.1, 0.15) is 45.2 Å². The van der Waals surface area contributed by atoms with Crippen LogP contribution in [-0.4, -0.2) is 79.9 Å². The van der Waals surface area contributed by atoms with Gasteiger partial charge in [-0.3, -0.25) is 24.0 Å². The zero-order valence-electron chi connectivity index (χ0n) is 20.0. The molecule has 0 saturated heterocycles. The van der Waals surface area contributed by atoms with Crippen LogP contribution in [0.4, 0.5) is 0 Å². The first-order valence-corrected chi connectivity index (χ1v) is 11.2. The number of carbonyl (C=O) groups is 6. The molecule has 0 aliphatic rings. The normalized spacial score (nSPS) is 14.2. The van der Waals surface area contributed by atoms with Gasteiger partial charge in [0.15, 0.2) is 0 Å². The van der Waals surface area contributed by atoms with Gasteiger partial charge in [0.1, 0.15) is 18.1 Å². The zero-order valence-corrected chi connectivity index (χ0v) is 20.0. The lowest BCUT2D eigenvalue weighted by Crippen LogP contribution is -2.58. The summed E-state index contributed by atoms with van der Waals surface area (Å²) in [6.07, 6.45) is 1.44. The Morgan fingerprint density at radius 1 is 0.972 bits per heavy atom. The molecule has 4 unspecified atom stereocenters. The van der Waals surface area contributed by atoms with Gasteiger partial charge in [0.2, 0.25) is 23.6 Å². The van der Waals surface area contributed by atoms with Gasteiger partial charge in [-0.2, -0.15) is 0 Å². The highest BCUT2D eigenvalue weighted by molar-refractivity contribution is 5.95. The third-order valence-electron chi connectivity index (χ3n) is 4.97. The first kappa shape index (κ1) is 30.0. The Kier molecular flexibility index (Phi) is 12.0. The van der Waals surface area contributed by atoms with E-state index in [-0.39, 0.29) is 12.3 Å². The fraction of sp³-hybridized carbons (Fsp3) is 0.571. The van der Waals surface area contributed by atoms with Crippen LogP contribution in [0, 0.1) is 5.92 Å². The number of nitrogens with two attached hydrogens (primary N) is 2. The summed E-state index contributed by atoms with van der Waals surface area (Å²) in [7, 11) is 0. The third-order valence-corrected chi connectivity index (χ3v) is 4.97. The maximum atomic E-state index is 13.1. The molecule has 15 heteroatoms. The lowest BCUT2D eigenvalue weighted by atomic mass is 10.0. The molecule has 1 aromatic heterocycles. The molecule has 0 radical (unpaired) electrons. The SMILES string of the molecule is CC(C)CC(N)C(=O)NC(Cc1cnc[nH]1)C(=O)NC(CCC(=O)O)C(=O)NC(CC(N)=O)C(=O)O. The molecule has 15 nitrogen and oxygen atoms in total. The molecule has 4 atom stereocenters. The minimum Gasteiger partial charge on any atom is -0.481 e. The molecule has 0 fully saturated rings. The summed E-state index contributed by atoms with van der Waals surface area (Å²) >= 11 is 0. The van der Waals surface area contributed by atoms with Crippen molar-refractivity contribution < 1.29 is 39.0 Å². The molecule has 0 aliphatic heterocycles. The van der Waals surface area contributed by atoms with Crippen LogP contribution < -0.4 is 27.4 Å². The molecular weight excluding hydrogens is 478 g/mol. The number of aliphatic carboxylic acids is 2. The first-order chi connectivity index (χ1) is 16.8. The van der Waals surface area contributed by atoms with Crippen molar-refractivity contribution in [2.45, 2.75) is 70.1 Å². The number of nitrogens with one attached hydrogen (secondary N) is 4. The predicted molar refractivity (Wildman–Crippen MR) is 124 cm³/mol. The van der Waals surface area contributed by atoms with Crippen LogP contribution in [-0.2, 0) is 35.2 Å². The second-order valence-electron chi connectivity index (χ2n) is 8.64. The topological polar surface area (TPSA) is 260 Å². The summed E-state index contributed by atoms with van der Waals surface area (Å²) in [5, 5.41) is 25.2. The number of rotatable bonds is 16. The molecule has 36 heavy (non-hydrogen) atoms. The third kappa shape index (κ3) is 10.9. The molecule has 0 spiro atoms. The van der Waals surface area contributed by atoms with E-state index in [1.807, 2.05) is 13.8 Å². The lowest BCUT2D eigenvalue weighted by Gasteiger charge is -2.25. The number of aromatic amines is 1. The lowest BCUT2D eigenvalue weighted by molar-refractivity contribution is -0.144. The van der Waals surface area contributed by atoms with E-state index in [4.69, 9.17) is 16.6 Å². The average Bonchev–Trinajstić information content (AvgIpc) is 3.27. The van der Waals surface area contributed by atoms with Gasteiger partial charge in [-0.05, 0) is 18.8 Å². The average molecular weight is 512 g/mol. The standard InChI is InChI=1S/C21H33N7O8/c1-10(2)5-12(22)18(32)27-14(6-11-8-24-9-25-11)20(34)26-13(3-4-17(30)31)19(33)28-15(21(35)36)7-16(23)29/h8-10,12-15H,3-7,22H2,1-2H3,(H2,23,29)(H,24,25)(H,26,34)(H,27,32)(H,28,33)(H,30,31)(H,35,36). The molecule has 1 heterocycles. The van der Waals surface area contributed by atoms with Gasteiger partial charge in [-0.25, -0.2) is 9.78 Å². The van der Waals surface area contributed by atoms with Crippen LogP contribution in [0.5, 0.6) is 0 Å². The Morgan fingerprint density at radius 3 is 2.06 bits per heavy atom. The number of imidazole rings is 1. The number of aromatic nitrogens is 2. The van der Waals surface area contributed by atoms with Crippen LogP contribution in [0.2, 0.25) is 0 Å². The second kappa shape index (κ2) is 14.4. The van der Waals surface area contributed by atoms with E-state index >= 15 is 0 Å². The second-order valence-corrected chi connectivity index (χ2v) is 8.64. The quantitative estimate of drug-likeness (QED) is 0.117. The number of carboxylic acid groups (broad SMARTS) is 2. The number of carbonyl (C=O) groups excluding carboxylic acids is 4. The summed E-state index contributed by atoms with van der Waals surface area (Å²) in [5.41, 5.74) is 11.4. The van der Waals surface area contributed by atoms with E-state index in [0.29, 0.717) is 12.1 Å².